The van der Waals surface area contributed by atoms with E-state index in [1.807, 2.05) is 0 Å². The normalized spacial score (nSPS) is 29.8. The Kier molecular flexibility index (Phi) is 5.53. The third-order valence-electron chi connectivity index (χ3n) is 7.17. The average molecular weight is 483 g/mol. The minimum Gasteiger partial charge on any atom is -0.507 e. The van der Waals surface area contributed by atoms with Crippen LogP contribution in [-0.2, 0) is 20.7 Å². The molecule has 0 spiro atoms. The van der Waals surface area contributed by atoms with Crippen LogP contribution in [0.25, 0.3) is 0 Å². The lowest BCUT2D eigenvalue weighted by Gasteiger charge is -2.41. The van der Waals surface area contributed by atoms with Gasteiger partial charge >= 0.3 is 0 Å². The summed E-state index contributed by atoms with van der Waals surface area (Å²) in [5.74, 6) is -2.74. The molecule has 6 N–H and O–H groups in total. The molecule has 1 fully saturated rings. The maximum Gasteiger partial charge on any atom is 0.198 e. The number of aliphatic hydroxyl groups is 2. The number of benzene rings is 2. The molecule has 184 valence electrons. The number of Topliss-reactive ketones (excluding diaryl/α,β-unsaturated/α-hetero) is 1. The van der Waals surface area contributed by atoms with Crippen LogP contribution in [0.3, 0.4) is 0 Å². The highest BCUT2D eigenvalue weighted by atomic mass is 16.7. The molecule has 10 heteroatoms. The number of hydrogen-bond acceptors (Lipinski definition) is 10. The first-order valence-corrected chi connectivity index (χ1v) is 11.3. The molecule has 0 amide bonds. The van der Waals surface area contributed by atoms with Gasteiger partial charge in [0.2, 0.25) is 0 Å². The first-order chi connectivity index (χ1) is 16.5. The lowest BCUT2D eigenvalue weighted by molar-refractivity contribution is -0.238. The Hall–Kier alpha value is -3.15. The second-order valence-electron chi connectivity index (χ2n) is 9.39. The Morgan fingerprint density at radius 3 is 2.23 bits per heavy atom. The standard InChI is InChI=1S/C25H25NO9/c1-10(27)25(26)7-13-18(16(8-25)35-17-6-14(28)15(29)9-34-17)24(33)20-19(23(13)32)21(30)11-4-2-3-5-12(11)22(20)31/h2-5,14-17,28-29,32-33H,6-9,26H2,1H3/t14-,15+,16+,17-,25-/m0/s1. The van der Waals surface area contributed by atoms with Gasteiger partial charge in [-0.1, -0.05) is 24.3 Å². The molecule has 1 heterocycles. The van der Waals surface area contributed by atoms with Crippen LogP contribution in [0.5, 0.6) is 11.5 Å². The number of phenols is 2. The zero-order valence-corrected chi connectivity index (χ0v) is 18.9. The molecule has 10 nitrogen and oxygen atoms in total. The van der Waals surface area contributed by atoms with Crippen LogP contribution in [0.2, 0.25) is 0 Å². The lowest BCUT2D eigenvalue weighted by Crippen LogP contribution is -2.53. The smallest absolute Gasteiger partial charge is 0.198 e. The number of carbonyl (C=O) groups excluding carboxylic acids is 3. The second-order valence-corrected chi connectivity index (χ2v) is 9.39. The van der Waals surface area contributed by atoms with Gasteiger partial charge in [0.1, 0.15) is 23.4 Å². The molecule has 0 bridgehead atoms. The van der Waals surface area contributed by atoms with Gasteiger partial charge in [-0.25, -0.2) is 0 Å². The Labute approximate surface area is 199 Å². The first kappa shape index (κ1) is 23.6. The molecule has 0 aromatic heterocycles. The fourth-order valence-electron chi connectivity index (χ4n) is 5.13. The monoisotopic (exact) mass is 483 g/mol. The van der Waals surface area contributed by atoms with Crippen LogP contribution in [0.15, 0.2) is 24.3 Å². The predicted molar refractivity (Wildman–Crippen MR) is 119 cm³/mol. The van der Waals surface area contributed by atoms with Gasteiger partial charge < -0.3 is 35.6 Å². The average Bonchev–Trinajstić information content (AvgIpc) is 2.82. The number of nitrogens with two attached hydrogens (primary N) is 1. The molecule has 0 radical (unpaired) electrons. The topological polar surface area (TPSA) is 177 Å². The molecule has 1 saturated heterocycles. The van der Waals surface area contributed by atoms with E-state index >= 15 is 0 Å². The number of ether oxygens (including phenoxy) is 2. The van der Waals surface area contributed by atoms with Gasteiger partial charge in [0, 0.05) is 41.5 Å². The summed E-state index contributed by atoms with van der Waals surface area (Å²) in [6.07, 6.45) is -4.74. The highest BCUT2D eigenvalue weighted by molar-refractivity contribution is 6.30. The minimum absolute atomic E-state index is 0.0344. The molecule has 0 saturated carbocycles. The van der Waals surface area contributed by atoms with Crippen LogP contribution < -0.4 is 5.73 Å². The summed E-state index contributed by atoms with van der Waals surface area (Å²) in [6, 6.07) is 6.10. The molecule has 3 aliphatic rings. The van der Waals surface area contributed by atoms with Crippen LogP contribution in [-0.4, -0.2) is 68.4 Å². The SMILES string of the molecule is CC(=O)[C@]1(N)Cc2c(O)c3c(c(O)c2[C@H](O[C@H]2C[C@H](O)[C@H](O)CO2)C1)C(=O)c1ccccc1C3=O. The molecule has 5 rings (SSSR count). The van der Waals surface area contributed by atoms with Crippen molar-refractivity contribution in [1.29, 1.82) is 0 Å². The summed E-state index contributed by atoms with van der Waals surface area (Å²) in [4.78, 5) is 39.0. The summed E-state index contributed by atoms with van der Waals surface area (Å²) >= 11 is 0. The van der Waals surface area contributed by atoms with Crippen LogP contribution in [0.1, 0.15) is 68.8 Å². The van der Waals surface area contributed by atoms with Gasteiger partial charge in [0.15, 0.2) is 17.9 Å². The van der Waals surface area contributed by atoms with E-state index in [0.29, 0.717) is 0 Å². The van der Waals surface area contributed by atoms with Gasteiger partial charge in [-0.2, -0.15) is 0 Å². The molecule has 5 atom stereocenters. The maximum absolute atomic E-state index is 13.3. The van der Waals surface area contributed by atoms with Crippen molar-refractivity contribution in [2.75, 3.05) is 6.61 Å². The Morgan fingerprint density at radius 2 is 1.66 bits per heavy atom. The van der Waals surface area contributed by atoms with Crippen molar-refractivity contribution in [3.8, 4) is 11.5 Å². The van der Waals surface area contributed by atoms with Crippen LogP contribution in [0, 0.1) is 0 Å². The molecular weight excluding hydrogens is 458 g/mol. The zero-order chi connectivity index (χ0) is 25.2. The molecule has 2 aromatic carbocycles. The fourth-order valence-corrected chi connectivity index (χ4v) is 5.13. The minimum atomic E-state index is -1.50. The molecule has 0 unspecified atom stereocenters. The highest BCUT2D eigenvalue weighted by Gasteiger charge is 2.48. The number of hydrogen-bond donors (Lipinski definition) is 5. The van der Waals surface area contributed by atoms with Crippen molar-refractivity contribution in [3.05, 3.63) is 57.6 Å². The molecule has 35 heavy (non-hydrogen) atoms. The van der Waals surface area contributed by atoms with Gasteiger partial charge in [0.25, 0.3) is 0 Å². The van der Waals surface area contributed by atoms with E-state index in [1.165, 1.54) is 19.1 Å². The summed E-state index contributed by atoms with van der Waals surface area (Å²) in [6.45, 7) is 1.09. The van der Waals surface area contributed by atoms with Gasteiger partial charge in [-0.3, -0.25) is 14.4 Å². The van der Waals surface area contributed by atoms with E-state index in [1.54, 1.807) is 12.1 Å². The number of rotatable bonds is 3. The molecule has 2 aromatic rings. The van der Waals surface area contributed by atoms with Crippen LogP contribution in [0.4, 0.5) is 0 Å². The second kappa shape index (κ2) is 8.21. The van der Waals surface area contributed by atoms with E-state index in [2.05, 4.69) is 0 Å². The van der Waals surface area contributed by atoms with Crippen molar-refractivity contribution in [2.24, 2.45) is 5.73 Å². The van der Waals surface area contributed by atoms with E-state index in [9.17, 15) is 34.8 Å². The third-order valence-corrected chi connectivity index (χ3v) is 7.17. The van der Waals surface area contributed by atoms with Gasteiger partial charge in [-0.15, -0.1) is 0 Å². The fraction of sp³-hybridized carbons (Fsp3) is 0.400. The van der Waals surface area contributed by atoms with Crippen molar-refractivity contribution < 1.29 is 44.3 Å². The van der Waals surface area contributed by atoms with E-state index in [4.69, 9.17) is 15.2 Å². The zero-order valence-electron chi connectivity index (χ0n) is 18.9. The number of aromatic hydroxyl groups is 2. The van der Waals surface area contributed by atoms with Crippen molar-refractivity contribution in [3.63, 3.8) is 0 Å². The van der Waals surface area contributed by atoms with Gasteiger partial charge in [0.05, 0.1) is 35.5 Å². The van der Waals surface area contributed by atoms with E-state index < -0.39 is 59.0 Å². The summed E-state index contributed by atoms with van der Waals surface area (Å²) in [5.41, 5.74) is 4.47. The van der Waals surface area contributed by atoms with E-state index in [0.717, 1.165) is 0 Å². The van der Waals surface area contributed by atoms with Crippen LogP contribution >= 0.6 is 0 Å². The lowest BCUT2D eigenvalue weighted by atomic mass is 9.71. The Morgan fingerprint density at radius 1 is 1.06 bits per heavy atom. The molecular formula is C25H25NO9. The number of phenolic OH excluding ortho intramolecular Hbond substituents is 2. The number of fused-ring (bicyclic) bond motifs is 3. The van der Waals surface area contributed by atoms with Crippen molar-refractivity contribution >= 4 is 17.3 Å². The molecule has 1 aliphatic heterocycles. The summed E-state index contributed by atoms with van der Waals surface area (Å²) in [5, 5.41) is 42.3. The largest absolute Gasteiger partial charge is 0.507 e. The number of ketones is 3. The summed E-state index contributed by atoms with van der Waals surface area (Å²) < 4.78 is 11.4. The highest BCUT2D eigenvalue weighted by Crippen LogP contribution is 2.51. The predicted octanol–water partition coefficient (Wildman–Crippen LogP) is 0.632. The first-order valence-electron chi connectivity index (χ1n) is 11.3. The maximum atomic E-state index is 13.3. The van der Waals surface area contributed by atoms with E-state index in [-0.39, 0.29) is 59.3 Å². The summed E-state index contributed by atoms with van der Waals surface area (Å²) in [7, 11) is 0. The Bertz CT molecular complexity index is 1270. The molecule has 2 aliphatic carbocycles. The quantitative estimate of drug-likeness (QED) is 0.332. The Balaban J connectivity index is 1.67. The third kappa shape index (κ3) is 3.57. The van der Waals surface area contributed by atoms with Gasteiger partial charge in [-0.05, 0) is 6.92 Å². The number of aliphatic hydroxyl groups excluding tert-OH is 2. The number of carbonyl (C=O) groups is 3. The van der Waals surface area contributed by atoms with Crippen molar-refractivity contribution in [2.45, 2.75) is 56.3 Å². The van der Waals surface area contributed by atoms with Crippen molar-refractivity contribution in [1.82, 2.24) is 0 Å².